The third kappa shape index (κ3) is 2.69. The van der Waals surface area contributed by atoms with Gasteiger partial charge >= 0.3 is 0 Å². The topological polar surface area (TPSA) is 38.0 Å². The lowest BCUT2D eigenvalue weighted by Crippen LogP contribution is -2.53. The molecule has 2 unspecified atom stereocenters. The molecule has 1 fully saturated rings. The lowest BCUT2D eigenvalue weighted by atomic mass is 9.71. The lowest BCUT2D eigenvalue weighted by molar-refractivity contribution is 0.212. The van der Waals surface area contributed by atoms with Gasteiger partial charge in [0, 0.05) is 12.2 Å². The Bertz CT molecular complexity index is 371. The van der Waals surface area contributed by atoms with E-state index in [1.54, 1.807) is 0 Å². The fourth-order valence-corrected chi connectivity index (χ4v) is 3.32. The van der Waals surface area contributed by atoms with Crippen molar-refractivity contribution in [3.8, 4) is 0 Å². The summed E-state index contributed by atoms with van der Waals surface area (Å²) in [5, 5.41) is 3.75. The molecule has 2 nitrogen and oxygen atoms in total. The van der Waals surface area contributed by atoms with Gasteiger partial charge in [-0.15, -0.1) is 0 Å². The summed E-state index contributed by atoms with van der Waals surface area (Å²) in [6, 6.07) is 8.68. The molecular formula is C16H26N2. The normalized spacial score (nSPS) is 28.1. The monoisotopic (exact) mass is 246 g/mol. The molecule has 1 saturated carbocycles. The number of hydrogen-bond acceptors (Lipinski definition) is 2. The Labute approximate surface area is 111 Å². The SMILES string of the molecule is CCC1CCCCC1(CN)Nc1ccc(C)cc1. The first-order valence-electron chi connectivity index (χ1n) is 7.25. The lowest BCUT2D eigenvalue weighted by Gasteiger charge is -2.44. The molecule has 1 aliphatic carbocycles. The summed E-state index contributed by atoms with van der Waals surface area (Å²) in [5.74, 6) is 0.706. The van der Waals surface area contributed by atoms with Crippen molar-refractivity contribution in [3.05, 3.63) is 29.8 Å². The van der Waals surface area contributed by atoms with Crippen LogP contribution in [0.4, 0.5) is 5.69 Å². The molecule has 0 aromatic heterocycles. The van der Waals surface area contributed by atoms with Gasteiger partial charge in [-0.05, 0) is 37.8 Å². The van der Waals surface area contributed by atoms with Gasteiger partial charge < -0.3 is 11.1 Å². The zero-order valence-electron chi connectivity index (χ0n) is 11.7. The fourth-order valence-electron chi connectivity index (χ4n) is 3.32. The van der Waals surface area contributed by atoms with Gasteiger partial charge in [0.15, 0.2) is 0 Å². The maximum Gasteiger partial charge on any atom is 0.0523 e. The van der Waals surface area contributed by atoms with Crippen LogP contribution >= 0.6 is 0 Å². The van der Waals surface area contributed by atoms with Crippen molar-refractivity contribution in [3.63, 3.8) is 0 Å². The van der Waals surface area contributed by atoms with E-state index >= 15 is 0 Å². The van der Waals surface area contributed by atoms with Crippen molar-refractivity contribution in [2.75, 3.05) is 11.9 Å². The highest BCUT2D eigenvalue weighted by atomic mass is 15.0. The summed E-state index contributed by atoms with van der Waals surface area (Å²) >= 11 is 0. The Kier molecular flexibility index (Phi) is 4.28. The predicted octanol–water partition coefficient (Wildman–Crippen LogP) is 3.70. The molecule has 1 aromatic rings. The van der Waals surface area contributed by atoms with Gasteiger partial charge in [-0.1, -0.05) is 43.9 Å². The average molecular weight is 246 g/mol. The van der Waals surface area contributed by atoms with Gasteiger partial charge in [0.25, 0.3) is 0 Å². The number of benzene rings is 1. The van der Waals surface area contributed by atoms with Crippen LogP contribution in [-0.4, -0.2) is 12.1 Å². The Morgan fingerprint density at radius 1 is 1.28 bits per heavy atom. The van der Waals surface area contributed by atoms with Gasteiger partial charge in [0.1, 0.15) is 0 Å². The standard InChI is InChI=1S/C16H26N2/c1-3-14-6-4-5-11-16(14,12-17)18-15-9-7-13(2)8-10-15/h7-10,14,18H,3-6,11-12,17H2,1-2H3. The first-order valence-corrected chi connectivity index (χ1v) is 7.25. The van der Waals surface area contributed by atoms with E-state index < -0.39 is 0 Å². The Morgan fingerprint density at radius 3 is 2.61 bits per heavy atom. The van der Waals surface area contributed by atoms with Crippen molar-refractivity contribution in [1.29, 1.82) is 0 Å². The Balaban J connectivity index is 2.18. The van der Waals surface area contributed by atoms with Crippen molar-refractivity contribution >= 4 is 5.69 Å². The number of anilines is 1. The molecule has 2 atom stereocenters. The van der Waals surface area contributed by atoms with E-state index in [4.69, 9.17) is 5.73 Å². The number of hydrogen-bond donors (Lipinski definition) is 2. The molecule has 0 aliphatic heterocycles. The third-order valence-electron chi connectivity index (χ3n) is 4.51. The summed E-state index contributed by atoms with van der Waals surface area (Å²) in [4.78, 5) is 0. The smallest absolute Gasteiger partial charge is 0.0523 e. The first-order chi connectivity index (χ1) is 8.70. The van der Waals surface area contributed by atoms with Crippen LogP contribution in [0.1, 0.15) is 44.6 Å². The second kappa shape index (κ2) is 5.75. The van der Waals surface area contributed by atoms with E-state index in [-0.39, 0.29) is 5.54 Å². The molecular weight excluding hydrogens is 220 g/mol. The highest BCUT2D eigenvalue weighted by Crippen LogP contribution is 2.37. The minimum atomic E-state index is 0.113. The molecule has 2 heteroatoms. The van der Waals surface area contributed by atoms with Crippen LogP contribution in [0.25, 0.3) is 0 Å². The molecule has 0 saturated heterocycles. The second-order valence-electron chi connectivity index (χ2n) is 5.70. The van der Waals surface area contributed by atoms with E-state index in [9.17, 15) is 0 Å². The van der Waals surface area contributed by atoms with Crippen LogP contribution in [0.5, 0.6) is 0 Å². The molecule has 0 amide bonds. The number of nitrogens with one attached hydrogen (secondary N) is 1. The van der Waals surface area contributed by atoms with Crippen molar-refractivity contribution in [1.82, 2.24) is 0 Å². The third-order valence-corrected chi connectivity index (χ3v) is 4.51. The van der Waals surface area contributed by atoms with Crippen LogP contribution < -0.4 is 11.1 Å². The highest BCUT2D eigenvalue weighted by Gasteiger charge is 2.38. The van der Waals surface area contributed by atoms with Crippen LogP contribution in [-0.2, 0) is 0 Å². The van der Waals surface area contributed by atoms with Gasteiger partial charge in [-0.3, -0.25) is 0 Å². The average Bonchev–Trinajstić information content (AvgIpc) is 2.42. The van der Waals surface area contributed by atoms with Crippen LogP contribution in [0.2, 0.25) is 0 Å². The van der Waals surface area contributed by atoms with Crippen LogP contribution in [0.3, 0.4) is 0 Å². The minimum absolute atomic E-state index is 0.113. The second-order valence-corrected chi connectivity index (χ2v) is 5.70. The minimum Gasteiger partial charge on any atom is -0.378 e. The Hall–Kier alpha value is -1.02. The van der Waals surface area contributed by atoms with Crippen LogP contribution in [0.15, 0.2) is 24.3 Å². The van der Waals surface area contributed by atoms with E-state index in [1.807, 2.05) is 0 Å². The number of rotatable bonds is 4. The molecule has 0 spiro atoms. The van der Waals surface area contributed by atoms with Crippen molar-refractivity contribution in [2.24, 2.45) is 11.7 Å². The Morgan fingerprint density at radius 2 is 2.00 bits per heavy atom. The van der Waals surface area contributed by atoms with Gasteiger partial charge in [-0.25, -0.2) is 0 Å². The summed E-state index contributed by atoms with van der Waals surface area (Å²) in [7, 11) is 0. The van der Waals surface area contributed by atoms with Crippen molar-refractivity contribution in [2.45, 2.75) is 51.5 Å². The molecule has 1 aliphatic rings. The summed E-state index contributed by atoms with van der Waals surface area (Å²) in [5.41, 5.74) is 8.75. The molecule has 2 rings (SSSR count). The molecule has 18 heavy (non-hydrogen) atoms. The first kappa shape index (κ1) is 13.4. The van der Waals surface area contributed by atoms with E-state index in [0.29, 0.717) is 5.92 Å². The predicted molar refractivity (Wildman–Crippen MR) is 78.8 cm³/mol. The zero-order valence-corrected chi connectivity index (χ0v) is 11.7. The summed E-state index contributed by atoms with van der Waals surface area (Å²) < 4.78 is 0. The number of aryl methyl sites for hydroxylation is 1. The van der Waals surface area contributed by atoms with Gasteiger partial charge in [0.2, 0.25) is 0 Å². The zero-order chi connectivity index (χ0) is 13.0. The molecule has 3 N–H and O–H groups in total. The quantitative estimate of drug-likeness (QED) is 0.850. The molecule has 1 aromatic carbocycles. The van der Waals surface area contributed by atoms with Gasteiger partial charge in [-0.2, -0.15) is 0 Å². The molecule has 100 valence electrons. The van der Waals surface area contributed by atoms with Gasteiger partial charge in [0.05, 0.1) is 5.54 Å². The maximum atomic E-state index is 6.12. The highest BCUT2D eigenvalue weighted by molar-refractivity contribution is 5.47. The van der Waals surface area contributed by atoms with E-state index in [1.165, 1.54) is 43.4 Å². The summed E-state index contributed by atoms with van der Waals surface area (Å²) in [6.45, 7) is 5.15. The van der Waals surface area contributed by atoms with E-state index in [0.717, 1.165) is 6.54 Å². The number of nitrogens with two attached hydrogens (primary N) is 1. The maximum absolute atomic E-state index is 6.12. The van der Waals surface area contributed by atoms with E-state index in [2.05, 4.69) is 43.4 Å². The molecule has 0 heterocycles. The summed E-state index contributed by atoms with van der Waals surface area (Å²) in [6.07, 6.45) is 6.39. The fraction of sp³-hybridized carbons (Fsp3) is 0.625. The largest absolute Gasteiger partial charge is 0.378 e. The molecule has 0 radical (unpaired) electrons. The van der Waals surface area contributed by atoms with Crippen molar-refractivity contribution < 1.29 is 0 Å². The molecule has 0 bridgehead atoms. The van der Waals surface area contributed by atoms with Crippen LogP contribution in [0, 0.1) is 12.8 Å².